The monoisotopic (exact) mass is 406 g/mol. The summed E-state index contributed by atoms with van der Waals surface area (Å²) in [6.45, 7) is 0.884. The van der Waals surface area contributed by atoms with Gasteiger partial charge in [-0.15, -0.1) is 0 Å². The third-order valence-corrected chi connectivity index (χ3v) is 5.18. The number of methoxy groups -OCH3 is 1. The van der Waals surface area contributed by atoms with Crippen molar-refractivity contribution in [3.8, 4) is 23.3 Å². The Kier molecular flexibility index (Phi) is 5.44. The van der Waals surface area contributed by atoms with E-state index in [0.717, 1.165) is 18.9 Å². The summed E-state index contributed by atoms with van der Waals surface area (Å²) < 4.78 is 25.1. The Morgan fingerprint density at radius 1 is 1.33 bits per heavy atom. The molecule has 0 N–H and O–H groups in total. The summed E-state index contributed by atoms with van der Waals surface area (Å²) in [6.07, 6.45) is 1.54. The average molecular weight is 406 g/mol. The SMILES string of the molecule is COc1ccccc1-c1nc(C2CCCN(C(=O)c3ccc(C#N)cc3F)C2)no1. The zero-order valence-electron chi connectivity index (χ0n) is 16.3. The van der Waals surface area contributed by atoms with Crippen LogP contribution in [0.25, 0.3) is 11.5 Å². The summed E-state index contributed by atoms with van der Waals surface area (Å²) in [5.41, 5.74) is 0.829. The van der Waals surface area contributed by atoms with Gasteiger partial charge in [-0.25, -0.2) is 4.39 Å². The number of nitrogens with zero attached hydrogens (tertiary/aromatic N) is 4. The molecule has 2 aromatic carbocycles. The molecule has 1 aliphatic heterocycles. The molecule has 1 saturated heterocycles. The van der Waals surface area contributed by atoms with Gasteiger partial charge in [0.15, 0.2) is 5.82 Å². The predicted molar refractivity (Wildman–Crippen MR) is 105 cm³/mol. The van der Waals surface area contributed by atoms with Crippen molar-refractivity contribution in [3.05, 3.63) is 65.2 Å². The minimum Gasteiger partial charge on any atom is -0.496 e. The van der Waals surface area contributed by atoms with Gasteiger partial charge >= 0.3 is 0 Å². The predicted octanol–water partition coefficient (Wildman–Crippen LogP) is 3.78. The van der Waals surface area contributed by atoms with Crippen LogP contribution < -0.4 is 4.74 Å². The fourth-order valence-electron chi connectivity index (χ4n) is 3.63. The lowest BCUT2D eigenvalue weighted by Crippen LogP contribution is -2.39. The second-order valence-electron chi connectivity index (χ2n) is 7.05. The number of carbonyl (C=O) groups is 1. The van der Waals surface area contributed by atoms with Crippen LogP contribution in [0.3, 0.4) is 0 Å². The first-order chi connectivity index (χ1) is 14.6. The van der Waals surface area contributed by atoms with E-state index in [1.807, 2.05) is 30.3 Å². The summed E-state index contributed by atoms with van der Waals surface area (Å²) in [6, 6.07) is 13.1. The highest BCUT2D eigenvalue weighted by atomic mass is 19.1. The number of para-hydroxylation sites is 1. The first kappa shape index (κ1) is 19.6. The third-order valence-electron chi connectivity index (χ3n) is 5.18. The highest BCUT2D eigenvalue weighted by molar-refractivity contribution is 5.94. The molecule has 3 aromatic rings. The fourth-order valence-corrected chi connectivity index (χ4v) is 3.63. The van der Waals surface area contributed by atoms with E-state index in [1.165, 1.54) is 12.1 Å². The fraction of sp³-hybridized carbons (Fsp3) is 0.273. The molecule has 152 valence electrons. The quantitative estimate of drug-likeness (QED) is 0.655. The van der Waals surface area contributed by atoms with Gasteiger partial charge in [-0.1, -0.05) is 17.3 Å². The zero-order chi connectivity index (χ0) is 21.1. The number of benzene rings is 2. The van der Waals surface area contributed by atoms with Crippen LogP contribution in [-0.2, 0) is 0 Å². The van der Waals surface area contributed by atoms with Crippen LogP contribution in [0.4, 0.5) is 4.39 Å². The summed E-state index contributed by atoms with van der Waals surface area (Å²) in [5.74, 6) is 0.271. The maximum absolute atomic E-state index is 14.3. The number of hydrogen-bond donors (Lipinski definition) is 0. The average Bonchev–Trinajstić information content (AvgIpc) is 3.29. The standard InChI is InChI=1S/C22H19FN4O3/c1-29-19-7-3-2-6-17(19)21-25-20(26-30-21)15-5-4-10-27(13-15)22(28)16-9-8-14(12-24)11-18(16)23/h2-3,6-9,11,15H,4-5,10,13H2,1H3. The van der Waals surface area contributed by atoms with E-state index in [2.05, 4.69) is 10.1 Å². The van der Waals surface area contributed by atoms with E-state index in [1.54, 1.807) is 12.0 Å². The Balaban J connectivity index is 1.53. The molecule has 0 bridgehead atoms. The Hall–Kier alpha value is -3.73. The van der Waals surface area contributed by atoms with Crippen molar-refractivity contribution in [1.29, 1.82) is 5.26 Å². The lowest BCUT2D eigenvalue weighted by molar-refractivity contribution is 0.0699. The number of nitriles is 1. The second-order valence-corrected chi connectivity index (χ2v) is 7.05. The number of ether oxygens (including phenoxy) is 1. The van der Waals surface area contributed by atoms with Gasteiger partial charge in [-0.05, 0) is 43.2 Å². The van der Waals surface area contributed by atoms with Crippen molar-refractivity contribution in [3.63, 3.8) is 0 Å². The van der Waals surface area contributed by atoms with E-state index >= 15 is 0 Å². The summed E-state index contributed by atoms with van der Waals surface area (Å²) >= 11 is 0. The van der Waals surface area contributed by atoms with Crippen LogP contribution >= 0.6 is 0 Å². The Morgan fingerprint density at radius 3 is 2.93 bits per heavy atom. The maximum Gasteiger partial charge on any atom is 0.261 e. The van der Waals surface area contributed by atoms with Gasteiger partial charge < -0.3 is 14.2 Å². The van der Waals surface area contributed by atoms with Crippen LogP contribution in [0.2, 0.25) is 0 Å². The molecule has 30 heavy (non-hydrogen) atoms. The molecule has 1 fully saturated rings. The van der Waals surface area contributed by atoms with Gasteiger partial charge in [0.25, 0.3) is 11.8 Å². The molecule has 0 aliphatic carbocycles. The molecule has 0 saturated carbocycles. The number of piperidine rings is 1. The molecule has 8 heteroatoms. The van der Waals surface area contributed by atoms with Crippen molar-refractivity contribution in [2.75, 3.05) is 20.2 Å². The van der Waals surface area contributed by atoms with Gasteiger partial charge in [0.2, 0.25) is 0 Å². The van der Waals surface area contributed by atoms with E-state index in [4.69, 9.17) is 14.5 Å². The molecule has 4 rings (SSSR count). The maximum atomic E-state index is 14.3. The summed E-state index contributed by atoms with van der Waals surface area (Å²) in [5, 5.41) is 13.0. The molecule has 1 atom stereocenters. The van der Waals surface area contributed by atoms with Crippen LogP contribution in [0, 0.1) is 17.1 Å². The second kappa shape index (κ2) is 8.33. The first-order valence-corrected chi connectivity index (χ1v) is 9.56. The minimum absolute atomic E-state index is 0.0440. The third kappa shape index (κ3) is 3.74. The van der Waals surface area contributed by atoms with E-state index < -0.39 is 11.7 Å². The molecular weight excluding hydrogens is 387 g/mol. The lowest BCUT2D eigenvalue weighted by atomic mass is 9.96. The highest BCUT2D eigenvalue weighted by Crippen LogP contribution is 2.31. The molecular formula is C22H19FN4O3. The van der Waals surface area contributed by atoms with Crippen LogP contribution in [0.5, 0.6) is 5.75 Å². The van der Waals surface area contributed by atoms with Crippen molar-refractivity contribution in [2.45, 2.75) is 18.8 Å². The van der Waals surface area contributed by atoms with Gasteiger partial charge in [-0.2, -0.15) is 10.2 Å². The molecule has 1 aliphatic rings. The van der Waals surface area contributed by atoms with Gasteiger partial charge in [0, 0.05) is 19.0 Å². The summed E-state index contributed by atoms with van der Waals surface area (Å²) in [4.78, 5) is 18.9. The molecule has 2 heterocycles. The number of carbonyl (C=O) groups excluding carboxylic acids is 1. The van der Waals surface area contributed by atoms with Gasteiger partial charge in [0.1, 0.15) is 11.6 Å². The van der Waals surface area contributed by atoms with Gasteiger partial charge in [-0.3, -0.25) is 4.79 Å². The number of hydrogen-bond acceptors (Lipinski definition) is 6. The molecule has 0 radical (unpaired) electrons. The van der Waals surface area contributed by atoms with Crippen molar-refractivity contribution in [2.24, 2.45) is 0 Å². The Morgan fingerprint density at radius 2 is 2.17 bits per heavy atom. The first-order valence-electron chi connectivity index (χ1n) is 9.56. The van der Waals surface area contributed by atoms with Gasteiger partial charge in [0.05, 0.1) is 29.9 Å². The highest BCUT2D eigenvalue weighted by Gasteiger charge is 2.30. The van der Waals surface area contributed by atoms with Crippen LogP contribution in [0.15, 0.2) is 47.0 Å². The number of amides is 1. The van der Waals surface area contributed by atoms with Crippen molar-refractivity contribution < 1.29 is 18.4 Å². The Labute approximate surface area is 172 Å². The molecule has 1 unspecified atom stereocenters. The van der Waals surface area contributed by atoms with E-state index in [-0.39, 0.29) is 17.0 Å². The summed E-state index contributed by atoms with van der Waals surface area (Å²) in [7, 11) is 1.57. The Bertz CT molecular complexity index is 1120. The minimum atomic E-state index is -0.695. The lowest BCUT2D eigenvalue weighted by Gasteiger charge is -2.31. The molecule has 1 aromatic heterocycles. The normalized spacial score (nSPS) is 16.2. The van der Waals surface area contributed by atoms with E-state index in [0.29, 0.717) is 36.1 Å². The number of aromatic nitrogens is 2. The van der Waals surface area contributed by atoms with E-state index in [9.17, 15) is 9.18 Å². The number of rotatable bonds is 4. The number of likely N-dealkylation sites (tertiary alicyclic amines) is 1. The van der Waals surface area contributed by atoms with Crippen LogP contribution in [-0.4, -0.2) is 41.1 Å². The molecule has 1 amide bonds. The van der Waals surface area contributed by atoms with Crippen molar-refractivity contribution in [1.82, 2.24) is 15.0 Å². The smallest absolute Gasteiger partial charge is 0.261 e. The topological polar surface area (TPSA) is 92.2 Å². The number of halogens is 1. The van der Waals surface area contributed by atoms with Crippen LogP contribution in [0.1, 0.15) is 40.5 Å². The molecule has 0 spiro atoms. The largest absolute Gasteiger partial charge is 0.496 e. The van der Waals surface area contributed by atoms with Crippen molar-refractivity contribution >= 4 is 5.91 Å². The molecule has 7 nitrogen and oxygen atoms in total. The zero-order valence-corrected chi connectivity index (χ0v) is 16.3.